The van der Waals surface area contributed by atoms with Crippen molar-refractivity contribution in [2.75, 3.05) is 0 Å². The van der Waals surface area contributed by atoms with Gasteiger partial charge in [-0.3, -0.25) is 0 Å². The van der Waals surface area contributed by atoms with Crippen molar-refractivity contribution in [2.24, 2.45) is 5.92 Å². The molecule has 2 unspecified atom stereocenters. The maximum absolute atomic E-state index is 4.66. The topological polar surface area (TPSA) is 24.9 Å². The standard InChI is InChI=1S/C12H20N2S/c1-8-5-9(8)13-6-11-14-10(7-15-11)12(2,3)4/h7-9,13H,5-6H2,1-4H3. The lowest BCUT2D eigenvalue weighted by Crippen LogP contribution is -2.17. The molecular weight excluding hydrogens is 204 g/mol. The molecule has 1 aromatic rings. The fourth-order valence-electron chi connectivity index (χ4n) is 1.56. The maximum atomic E-state index is 4.66. The van der Waals surface area contributed by atoms with Crippen molar-refractivity contribution in [2.45, 2.75) is 52.1 Å². The number of hydrogen-bond donors (Lipinski definition) is 1. The molecule has 3 heteroatoms. The molecule has 0 radical (unpaired) electrons. The summed E-state index contributed by atoms with van der Waals surface area (Å²) in [5, 5.41) is 6.94. The molecule has 15 heavy (non-hydrogen) atoms. The normalized spacial score (nSPS) is 25.6. The van der Waals surface area contributed by atoms with Crippen LogP contribution in [0.15, 0.2) is 5.38 Å². The maximum Gasteiger partial charge on any atom is 0.107 e. The van der Waals surface area contributed by atoms with Crippen molar-refractivity contribution in [3.8, 4) is 0 Å². The highest BCUT2D eigenvalue weighted by Gasteiger charge is 2.31. The highest BCUT2D eigenvalue weighted by Crippen LogP contribution is 2.30. The third kappa shape index (κ3) is 2.79. The molecule has 1 N–H and O–H groups in total. The Hall–Kier alpha value is -0.410. The van der Waals surface area contributed by atoms with E-state index >= 15 is 0 Å². The van der Waals surface area contributed by atoms with Crippen molar-refractivity contribution in [3.05, 3.63) is 16.1 Å². The van der Waals surface area contributed by atoms with Crippen LogP contribution >= 0.6 is 11.3 Å². The highest BCUT2D eigenvalue weighted by atomic mass is 32.1. The highest BCUT2D eigenvalue weighted by molar-refractivity contribution is 7.09. The van der Waals surface area contributed by atoms with E-state index in [1.54, 1.807) is 11.3 Å². The fourth-order valence-corrected chi connectivity index (χ4v) is 2.53. The molecule has 0 spiro atoms. The van der Waals surface area contributed by atoms with Crippen molar-refractivity contribution < 1.29 is 0 Å². The Morgan fingerprint density at radius 2 is 2.20 bits per heavy atom. The minimum atomic E-state index is 0.182. The van der Waals surface area contributed by atoms with E-state index in [0.29, 0.717) is 0 Å². The van der Waals surface area contributed by atoms with E-state index in [2.05, 4.69) is 43.4 Å². The molecular formula is C12H20N2S. The Balaban J connectivity index is 1.90. The molecule has 2 rings (SSSR count). The van der Waals surface area contributed by atoms with Crippen molar-refractivity contribution >= 4 is 11.3 Å². The minimum absolute atomic E-state index is 0.182. The van der Waals surface area contributed by atoms with E-state index in [1.165, 1.54) is 17.1 Å². The molecule has 1 aliphatic carbocycles. The summed E-state index contributed by atoms with van der Waals surface area (Å²) in [7, 11) is 0. The largest absolute Gasteiger partial charge is 0.307 e. The second-order valence-corrected chi connectivity index (χ2v) is 6.52. The van der Waals surface area contributed by atoms with Gasteiger partial charge >= 0.3 is 0 Å². The average Bonchev–Trinajstić information content (AvgIpc) is 2.66. The van der Waals surface area contributed by atoms with Crippen LogP contribution in [0.2, 0.25) is 0 Å². The summed E-state index contributed by atoms with van der Waals surface area (Å²) < 4.78 is 0. The SMILES string of the molecule is CC1CC1NCc1nc(C(C)(C)C)cs1. The van der Waals surface area contributed by atoms with E-state index in [1.807, 2.05) is 0 Å². The Kier molecular flexibility index (Phi) is 2.86. The number of rotatable bonds is 3. The van der Waals surface area contributed by atoms with Gasteiger partial charge < -0.3 is 5.32 Å². The van der Waals surface area contributed by atoms with E-state index in [0.717, 1.165) is 18.5 Å². The van der Waals surface area contributed by atoms with Gasteiger partial charge in [-0.05, 0) is 12.3 Å². The monoisotopic (exact) mass is 224 g/mol. The molecule has 0 bridgehead atoms. The van der Waals surface area contributed by atoms with Crippen molar-refractivity contribution in [1.29, 1.82) is 0 Å². The minimum Gasteiger partial charge on any atom is -0.307 e. The van der Waals surface area contributed by atoms with Gasteiger partial charge in [0.2, 0.25) is 0 Å². The lowest BCUT2D eigenvalue weighted by atomic mass is 9.93. The summed E-state index contributed by atoms with van der Waals surface area (Å²) in [5.74, 6) is 0.868. The summed E-state index contributed by atoms with van der Waals surface area (Å²) in [6, 6.07) is 0.743. The Morgan fingerprint density at radius 1 is 1.53 bits per heavy atom. The summed E-state index contributed by atoms with van der Waals surface area (Å²) in [6.45, 7) is 9.86. The Morgan fingerprint density at radius 3 is 2.67 bits per heavy atom. The van der Waals surface area contributed by atoms with Crippen LogP contribution in [0, 0.1) is 5.92 Å². The van der Waals surface area contributed by atoms with Crippen LogP contribution in [0.4, 0.5) is 0 Å². The first-order chi connectivity index (χ1) is 6.97. The summed E-state index contributed by atoms with van der Waals surface area (Å²) in [5.41, 5.74) is 1.40. The van der Waals surface area contributed by atoms with Gasteiger partial charge in [-0.2, -0.15) is 0 Å². The van der Waals surface area contributed by atoms with E-state index < -0.39 is 0 Å². The van der Waals surface area contributed by atoms with Crippen LogP contribution < -0.4 is 5.32 Å². The van der Waals surface area contributed by atoms with E-state index in [4.69, 9.17) is 0 Å². The molecule has 0 saturated heterocycles. The number of nitrogens with one attached hydrogen (secondary N) is 1. The average molecular weight is 224 g/mol. The molecule has 0 amide bonds. The second-order valence-electron chi connectivity index (χ2n) is 5.58. The molecule has 84 valence electrons. The van der Waals surface area contributed by atoms with E-state index in [-0.39, 0.29) is 5.41 Å². The fraction of sp³-hybridized carbons (Fsp3) is 0.750. The van der Waals surface area contributed by atoms with Crippen LogP contribution in [0.1, 0.15) is 44.8 Å². The number of hydrogen-bond acceptors (Lipinski definition) is 3. The zero-order valence-corrected chi connectivity index (χ0v) is 10.8. The number of aromatic nitrogens is 1. The van der Waals surface area contributed by atoms with Gasteiger partial charge in [0, 0.05) is 23.4 Å². The molecule has 1 aromatic heterocycles. The van der Waals surface area contributed by atoms with Gasteiger partial charge in [0.15, 0.2) is 0 Å². The molecule has 1 aliphatic rings. The predicted molar refractivity (Wildman–Crippen MR) is 65.2 cm³/mol. The molecule has 0 aliphatic heterocycles. The van der Waals surface area contributed by atoms with Gasteiger partial charge in [0.1, 0.15) is 5.01 Å². The van der Waals surface area contributed by atoms with Crippen LogP contribution in [0.25, 0.3) is 0 Å². The predicted octanol–water partition coefficient (Wildman–Crippen LogP) is 2.94. The van der Waals surface area contributed by atoms with Crippen molar-refractivity contribution in [1.82, 2.24) is 10.3 Å². The van der Waals surface area contributed by atoms with Gasteiger partial charge in [0.05, 0.1) is 5.69 Å². The zero-order valence-electron chi connectivity index (χ0n) is 10.0. The third-order valence-corrected chi connectivity index (χ3v) is 3.79. The Bertz CT molecular complexity index is 338. The number of nitrogens with zero attached hydrogens (tertiary/aromatic N) is 1. The molecule has 0 aromatic carbocycles. The Labute approximate surface area is 96.1 Å². The van der Waals surface area contributed by atoms with Crippen LogP contribution in [-0.2, 0) is 12.0 Å². The van der Waals surface area contributed by atoms with Crippen LogP contribution in [0.5, 0.6) is 0 Å². The lowest BCUT2D eigenvalue weighted by molar-refractivity contribution is 0.567. The van der Waals surface area contributed by atoms with Gasteiger partial charge in [-0.1, -0.05) is 27.7 Å². The first-order valence-corrected chi connectivity index (χ1v) is 6.53. The molecule has 1 saturated carbocycles. The van der Waals surface area contributed by atoms with E-state index in [9.17, 15) is 0 Å². The lowest BCUT2D eigenvalue weighted by Gasteiger charge is -2.14. The third-order valence-electron chi connectivity index (χ3n) is 2.95. The summed E-state index contributed by atoms with van der Waals surface area (Å²) in [4.78, 5) is 4.66. The smallest absolute Gasteiger partial charge is 0.107 e. The van der Waals surface area contributed by atoms with Crippen LogP contribution in [0.3, 0.4) is 0 Å². The van der Waals surface area contributed by atoms with Gasteiger partial charge in [-0.15, -0.1) is 11.3 Å². The second kappa shape index (κ2) is 3.87. The zero-order chi connectivity index (χ0) is 11.1. The summed E-state index contributed by atoms with van der Waals surface area (Å²) >= 11 is 1.77. The molecule has 2 atom stereocenters. The quantitative estimate of drug-likeness (QED) is 0.854. The van der Waals surface area contributed by atoms with Crippen molar-refractivity contribution in [3.63, 3.8) is 0 Å². The molecule has 1 fully saturated rings. The first-order valence-electron chi connectivity index (χ1n) is 5.65. The van der Waals surface area contributed by atoms with Gasteiger partial charge in [0.25, 0.3) is 0 Å². The van der Waals surface area contributed by atoms with Crippen LogP contribution in [-0.4, -0.2) is 11.0 Å². The molecule has 1 heterocycles. The molecule has 2 nitrogen and oxygen atoms in total. The first kappa shape index (κ1) is 11.1. The van der Waals surface area contributed by atoms with Gasteiger partial charge in [-0.25, -0.2) is 4.98 Å². The number of thiazole rings is 1. The summed E-state index contributed by atoms with van der Waals surface area (Å²) in [6.07, 6.45) is 1.33.